The highest BCUT2D eigenvalue weighted by atomic mass is 16.5. The van der Waals surface area contributed by atoms with E-state index in [1.165, 1.54) is 0 Å². The van der Waals surface area contributed by atoms with Gasteiger partial charge in [-0.15, -0.1) is 0 Å². The molecule has 1 aliphatic rings. The SMILES string of the molecule is COc1ccc(C2(Cn3cncn3)OCC2(C)C)cc1. The van der Waals surface area contributed by atoms with Crippen molar-refractivity contribution >= 4 is 0 Å². The molecule has 0 amide bonds. The van der Waals surface area contributed by atoms with Gasteiger partial charge in [-0.05, 0) is 17.7 Å². The van der Waals surface area contributed by atoms with Crippen molar-refractivity contribution < 1.29 is 9.47 Å². The summed E-state index contributed by atoms with van der Waals surface area (Å²) < 4.78 is 13.1. The lowest BCUT2D eigenvalue weighted by atomic mass is 9.66. The Morgan fingerprint density at radius 3 is 2.50 bits per heavy atom. The lowest BCUT2D eigenvalue weighted by molar-refractivity contribution is -0.269. The molecule has 3 rings (SSSR count). The molecular formula is C15H19N3O2. The summed E-state index contributed by atoms with van der Waals surface area (Å²) in [7, 11) is 1.67. The molecule has 1 saturated heterocycles. The van der Waals surface area contributed by atoms with Crippen LogP contribution in [0.25, 0.3) is 0 Å². The Labute approximate surface area is 118 Å². The van der Waals surface area contributed by atoms with Gasteiger partial charge in [0.15, 0.2) is 0 Å². The van der Waals surface area contributed by atoms with E-state index in [-0.39, 0.29) is 11.0 Å². The van der Waals surface area contributed by atoms with E-state index in [1.807, 2.05) is 16.8 Å². The average molecular weight is 273 g/mol. The molecule has 5 heteroatoms. The number of rotatable bonds is 4. The molecule has 5 nitrogen and oxygen atoms in total. The minimum Gasteiger partial charge on any atom is -0.497 e. The van der Waals surface area contributed by atoms with E-state index in [9.17, 15) is 0 Å². The van der Waals surface area contributed by atoms with Gasteiger partial charge in [-0.3, -0.25) is 0 Å². The molecule has 0 aliphatic carbocycles. The third-order valence-electron chi connectivity index (χ3n) is 4.18. The maximum Gasteiger partial charge on any atom is 0.137 e. The molecule has 0 bridgehead atoms. The molecule has 0 spiro atoms. The minimum absolute atomic E-state index is 0.0491. The summed E-state index contributed by atoms with van der Waals surface area (Å²) in [6.07, 6.45) is 3.27. The third kappa shape index (κ3) is 1.89. The van der Waals surface area contributed by atoms with Gasteiger partial charge in [-0.2, -0.15) is 5.10 Å². The summed E-state index contributed by atoms with van der Waals surface area (Å²) in [5.74, 6) is 0.849. The summed E-state index contributed by atoms with van der Waals surface area (Å²) in [6.45, 7) is 5.84. The third-order valence-corrected chi connectivity index (χ3v) is 4.18. The summed E-state index contributed by atoms with van der Waals surface area (Å²) in [5.41, 5.74) is 0.825. The molecule has 0 N–H and O–H groups in total. The zero-order valence-corrected chi connectivity index (χ0v) is 12.0. The fraction of sp³-hybridized carbons (Fsp3) is 0.467. The predicted octanol–water partition coefficient (Wildman–Crippen LogP) is 2.24. The van der Waals surface area contributed by atoms with Gasteiger partial charge in [0.25, 0.3) is 0 Å². The zero-order chi connectivity index (χ0) is 14.2. The van der Waals surface area contributed by atoms with Gasteiger partial charge in [-0.25, -0.2) is 9.67 Å². The number of nitrogens with zero attached hydrogens (tertiary/aromatic N) is 3. The number of hydrogen-bond acceptors (Lipinski definition) is 4. The molecule has 0 radical (unpaired) electrons. The second-order valence-electron chi connectivity index (χ2n) is 5.82. The largest absolute Gasteiger partial charge is 0.497 e. The molecule has 1 unspecified atom stereocenters. The maximum absolute atomic E-state index is 6.04. The normalized spacial score (nSPS) is 24.1. The number of benzene rings is 1. The standard InChI is InChI=1S/C15H19N3O2/c1-14(2)9-20-15(14,8-18-11-16-10-17-18)12-4-6-13(19-3)7-5-12/h4-7,10-11H,8-9H2,1-3H3. The van der Waals surface area contributed by atoms with Crippen LogP contribution in [0.2, 0.25) is 0 Å². The zero-order valence-electron chi connectivity index (χ0n) is 12.0. The predicted molar refractivity (Wildman–Crippen MR) is 74.4 cm³/mol. The molecule has 0 saturated carbocycles. The van der Waals surface area contributed by atoms with Crippen molar-refractivity contribution in [2.24, 2.45) is 5.41 Å². The molecule has 1 atom stereocenters. The fourth-order valence-corrected chi connectivity index (χ4v) is 2.76. The molecule has 1 aromatic carbocycles. The Morgan fingerprint density at radius 1 is 1.30 bits per heavy atom. The van der Waals surface area contributed by atoms with E-state index in [4.69, 9.17) is 9.47 Å². The van der Waals surface area contributed by atoms with Crippen molar-refractivity contribution in [1.29, 1.82) is 0 Å². The highest BCUT2D eigenvalue weighted by Gasteiger charge is 2.56. The summed E-state index contributed by atoms with van der Waals surface area (Å²) in [5, 5.41) is 4.21. The van der Waals surface area contributed by atoms with Crippen LogP contribution in [0.1, 0.15) is 19.4 Å². The van der Waals surface area contributed by atoms with Gasteiger partial charge in [0.1, 0.15) is 24.0 Å². The van der Waals surface area contributed by atoms with Crippen molar-refractivity contribution in [2.75, 3.05) is 13.7 Å². The summed E-state index contributed by atoms with van der Waals surface area (Å²) in [6, 6.07) is 8.07. The van der Waals surface area contributed by atoms with E-state index in [0.29, 0.717) is 6.54 Å². The van der Waals surface area contributed by atoms with Gasteiger partial charge in [0, 0.05) is 5.41 Å². The molecule has 2 aromatic rings. The molecule has 1 aromatic heterocycles. The first-order valence-corrected chi connectivity index (χ1v) is 6.68. The monoisotopic (exact) mass is 273 g/mol. The Bertz CT molecular complexity index is 578. The highest BCUT2D eigenvalue weighted by Crippen LogP contribution is 2.52. The van der Waals surface area contributed by atoms with Crippen LogP contribution < -0.4 is 4.74 Å². The Morgan fingerprint density at radius 2 is 2.05 bits per heavy atom. The number of hydrogen-bond donors (Lipinski definition) is 0. The van der Waals surface area contributed by atoms with Crippen molar-refractivity contribution in [3.8, 4) is 5.75 Å². The Hall–Kier alpha value is -1.88. The van der Waals surface area contributed by atoms with Crippen molar-refractivity contribution in [3.63, 3.8) is 0 Å². The van der Waals surface area contributed by atoms with Gasteiger partial charge >= 0.3 is 0 Å². The Kier molecular flexibility index (Phi) is 3.01. The minimum atomic E-state index is -0.368. The van der Waals surface area contributed by atoms with Gasteiger partial charge in [0.2, 0.25) is 0 Å². The fourth-order valence-electron chi connectivity index (χ4n) is 2.76. The summed E-state index contributed by atoms with van der Waals surface area (Å²) in [4.78, 5) is 4.01. The first kappa shape index (κ1) is 13.1. The van der Waals surface area contributed by atoms with Crippen LogP contribution in [0.15, 0.2) is 36.9 Å². The lowest BCUT2D eigenvalue weighted by Gasteiger charge is -2.55. The summed E-state index contributed by atoms with van der Waals surface area (Å²) >= 11 is 0. The van der Waals surface area contributed by atoms with Gasteiger partial charge in [0.05, 0.1) is 20.3 Å². The first-order valence-electron chi connectivity index (χ1n) is 6.68. The maximum atomic E-state index is 6.04. The molecular weight excluding hydrogens is 254 g/mol. The van der Waals surface area contributed by atoms with Crippen molar-refractivity contribution in [1.82, 2.24) is 14.8 Å². The van der Waals surface area contributed by atoms with Crippen LogP contribution in [-0.2, 0) is 16.9 Å². The van der Waals surface area contributed by atoms with E-state index in [2.05, 4.69) is 36.1 Å². The van der Waals surface area contributed by atoms with Crippen LogP contribution in [0.5, 0.6) is 5.75 Å². The van der Waals surface area contributed by atoms with E-state index < -0.39 is 0 Å². The molecule has 20 heavy (non-hydrogen) atoms. The smallest absolute Gasteiger partial charge is 0.137 e. The number of ether oxygens (including phenoxy) is 2. The molecule has 1 aliphatic heterocycles. The van der Waals surface area contributed by atoms with E-state index in [0.717, 1.165) is 17.9 Å². The second-order valence-corrected chi connectivity index (χ2v) is 5.82. The molecule has 1 fully saturated rings. The first-order chi connectivity index (χ1) is 9.57. The van der Waals surface area contributed by atoms with Crippen LogP contribution in [-0.4, -0.2) is 28.5 Å². The van der Waals surface area contributed by atoms with Crippen LogP contribution in [0.3, 0.4) is 0 Å². The highest BCUT2D eigenvalue weighted by molar-refractivity contribution is 5.34. The van der Waals surface area contributed by atoms with Crippen molar-refractivity contribution in [3.05, 3.63) is 42.5 Å². The quantitative estimate of drug-likeness (QED) is 0.857. The van der Waals surface area contributed by atoms with E-state index in [1.54, 1.807) is 19.8 Å². The lowest BCUT2D eigenvalue weighted by Crippen LogP contribution is -2.59. The van der Waals surface area contributed by atoms with Gasteiger partial charge < -0.3 is 9.47 Å². The van der Waals surface area contributed by atoms with E-state index >= 15 is 0 Å². The van der Waals surface area contributed by atoms with Crippen LogP contribution in [0.4, 0.5) is 0 Å². The number of aromatic nitrogens is 3. The topological polar surface area (TPSA) is 49.2 Å². The molecule has 2 heterocycles. The Balaban J connectivity index is 1.97. The molecule has 106 valence electrons. The van der Waals surface area contributed by atoms with Crippen LogP contribution >= 0.6 is 0 Å². The van der Waals surface area contributed by atoms with Crippen molar-refractivity contribution in [2.45, 2.75) is 26.0 Å². The van der Waals surface area contributed by atoms with Crippen LogP contribution in [0, 0.1) is 5.41 Å². The number of methoxy groups -OCH3 is 1. The average Bonchev–Trinajstić information content (AvgIpc) is 2.96. The second kappa shape index (κ2) is 4.59. The van der Waals surface area contributed by atoms with Gasteiger partial charge in [-0.1, -0.05) is 26.0 Å².